The van der Waals surface area contributed by atoms with Crippen LogP contribution in [0.25, 0.3) is 0 Å². The van der Waals surface area contributed by atoms with Crippen LogP contribution in [-0.2, 0) is 14.3 Å². The fourth-order valence-electron chi connectivity index (χ4n) is 2.90. The average Bonchev–Trinajstić information content (AvgIpc) is 3.00. The number of carbonyl (C=O) groups excluding carboxylic acids is 1. The molecule has 1 aliphatic heterocycles. The van der Waals surface area contributed by atoms with Crippen molar-refractivity contribution in [3.05, 3.63) is 0 Å². The molecule has 2 fully saturated rings. The van der Waals surface area contributed by atoms with Gasteiger partial charge in [0.05, 0.1) is 0 Å². The number of carboxylic acids is 1. The van der Waals surface area contributed by atoms with E-state index in [1.54, 1.807) is 0 Å². The van der Waals surface area contributed by atoms with Gasteiger partial charge in [0.15, 0.2) is 6.10 Å². The van der Waals surface area contributed by atoms with E-state index in [-0.39, 0.29) is 11.9 Å². The minimum Gasteiger partial charge on any atom is -0.479 e. The third kappa shape index (κ3) is 3.02. The van der Waals surface area contributed by atoms with Crippen molar-refractivity contribution in [1.29, 1.82) is 0 Å². The lowest BCUT2D eigenvalue weighted by atomic mass is 9.99. The van der Waals surface area contributed by atoms with E-state index in [4.69, 9.17) is 9.84 Å². The van der Waals surface area contributed by atoms with Gasteiger partial charge in [-0.05, 0) is 38.5 Å². The molecule has 5 heteroatoms. The second-order valence-electron chi connectivity index (χ2n) is 5.37. The summed E-state index contributed by atoms with van der Waals surface area (Å²) in [6.45, 7) is 2.03. The molecule has 0 aromatic rings. The summed E-state index contributed by atoms with van der Waals surface area (Å²) in [4.78, 5) is 22.7. The number of hydrogen-bond donors (Lipinski definition) is 2. The van der Waals surface area contributed by atoms with Gasteiger partial charge in [0, 0.05) is 6.04 Å². The first kappa shape index (κ1) is 13.3. The Hall–Kier alpha value is -1.10. The van der Waals surface area contributed by atoms with Gasteiger partial charge in [-0.1, -0.05) is 12.8 Å². The zero-order chi connectivity index (χ0) is 13.1. The van der Waals surface area contributed by atoms with Crippen molar-refractivity contribution < 1.29 is 19.4 Å². The van der Waals surface area contributed by atoms with Crippen LogP contribution in [0, 0.1) is 5.92 Å². The normalized spacial score (nSPS) is 30.3. The number of amides is 1. The molecule has 1 saturated heterocycles. The van der Waals surface area contributed by atoms with E-state index in [0.29, 0.717) is 18.8 Å². The number of rotatable bonds is 4. The van der Waals surface area contributed by atoms with Gasteiger partial charge in [-0.3, -0.25) is 4.79 Å². The highest BCUT2D eigenvalue weighted by Gasteiger charge is 2.35. The highest BCUT2D eigenvalue weighted by atomic mass is 16.5. The number of carbonyl (C=O) groups is 2. The molecule has 0 spiro atoms. The van der Waals surface area contributed by atoms with Gasteiger partial charge < -0.3 is 15.2 Å². The second kappa shape index (κ2) is 5.69. The summed E-state index contributed by atoms with van der Waals surface area (Å²) in [5, 5.41) is 11.8. The Bertz CT molecular complexity index is 325. The Morgan fingerprint density at radius 1 is 1.17 bits per heavy atom. The molecule has 1 saturated carbocycles. The lowest BCUT2D eigenvalue weighted by Crippen LogP contribution is -2.43. The molecule has 2 N–H and O–H groups in total. The fraction of sp³-hybridized carbons (Fsp3) is 0.846. The van der Waals surface area contributed by atoms with Crippen LogP contribution in [0.4, 0.5) is 0 Å². The summed E-state index contributed by atoms with van der Waals surface area (Å²) in [5.74, 6) is -0.571. The van der Waals surface area contributed by atoms with E-state index in [1.165, 1.54) is 25.7 Å². The maximum Gasteiger partial charge on any atom is 0.332 e. The van der Waals surface area contributed by atoms with Crippen LogP contribution >= 0.6 is 0 Å². The first-order chi connectivity index (χ1) is 8.58. The van der Waals surface area contributed by atoms with Crippen molar-refractivity contribution in [2.45, 2.75) is 63.7 Å². The summed E-state index contributed by atoms with van der Waals surface area (Å²) >= 11 is 0. The van der Waals surface area contributed by atoms with Gasteiger partial charge >= 0.3 is 5.97 Å². The molecule has 18 heavy (non-hydrogen) atoms. The lowest BCUT2D eigenvalue weighted by molar-refractivity contribution is -0.152. The third-order valence-electron chi connectivity index (χ3n) is 4.06. The van der Waals surface area contributed by atoms with Crippen LogP contribution in [-0.4, -0.2) is 35.2 Å². The highest BCUT2D eigenvalue weighted by Crippen LogP contribution is 2.28. The topological polar surface area (TPSA) is 75.6 Å². The summed E-state index contributed by atoms with van der Waals surface area (Å²) < 4.78 is 5.24. The van der Waals surface area contributed by atoms with Gasteiger partial charge in [-0.2, -0.15) is 0 Å². The molecule has 3 atom stereocenters. The molecule has 1 aliphatic carbocycles. The monoisotopic (exact) mass is 255 g/mol. The van der Waals surface area contributed by atoms with E-state index in [2.05, 4.69) is 5.32 Å². The number of nitrogens with one attached hydrogen (secondary N) is 1. The minimum atomic E-state index is -0.978. The van der Waals surface area contributed by atoms with E-state index in [0.717, 1.165) is 0 Å². The Morgan fingerprint density at radius 3 is 2.33 bits per heavy atom. The van der Waals surface area contributed by atoms with E-state index in [1.807, 2.05) is 6.92 Å². The van der Waals surface area contributed by atoms with Crippen LogP contribution in [0.2, 0.25) is 0 Å². The molecule has 102 valence electrons. The van der Waals surface area contributed by atoms with Crippen LogP contribution in [0.15, 0.2) is 0 Å². The van der Waals surface area contributed by atoms with Gasteiger partial charge in [0.2, 0.25) is 5.91 Å². The van der Waals surface area contributed by atoms with Crippen molar-refractivity contribution in [2.75, 3.05) is 0 Å². The SMILES string of the molecule is C[C@H](NC(=O)C1CCC(C(=O)O)O1)C1CCCC1. The Morgan fingerprint density at radius 2 is 1.78 bits per heavy atom. The van der Waals surface area contributed by atoms with Crippen LogP contribution in [0.3, 0.4) is 0 Å². The zero-order valence-corrected chi connectivity index (χ0v) is 10.7. The molecule has 0 aromatic heterocycles. The van der Waals surface area contributed by atoms with Crippen molar-refractivity contribution in [3.8, 4) is 0 Å². The predicted octanol–water partition coefficient (Wildman–Crippen LogP) is 1.31. The smallest absolute Gasteiger partial charge is 0.332 e. The Balaban J connectivity index is 1.79. The zero-order valence-electron chi connectivity index (χ0n) is 10.7. The Labute approximate surface area is 107 Å². The van der Waals surface area contributed by atoms with Gasteiger partial charge in [0.1, 0.15) is 6.10 Å². The van der Waals surface area contributed by atoms with Crippen molar-refractivity contribution in [1.82, 2.24) is 5.32 Å². The van der Waals surface area contributed by atoms with Crippen molar-refractivity contribution >= 4 is 11.9 Å². The Kier molecular flexibility index (Phi) is 4.22. The predicted molar refractivity (Wildman–Crippen MR) is 65.1 cm³/mol. The molecular formula is C13H21NO4. The van der Waals surface area contributed by atoms with E-state index < -0.39 is 18.2 Å². The minimum absolute atomic E-state index is 0.154. The van der Waals surface area contributed by atoms with Gasteiger partial charge in [-0.25, -0.2) is 4.79 Å². The first-order valence-electron chi connectivity index (χ1n) is 6.76. The molecule has 2 aliphatic rings. The summed E-state index contributed by atoms with van der Waals surface area (Å²) in [6.07, 6.45) is 4.34. The average molecular weight is 255 g/mol. The highest BCUT2D eigenvalue weighted by molar-refractivity contribution is 5.82. The van der Waals surface area contributed by atoms with Crippen LogP contribution in [0.5, 0.6) is 0 Å². The number of carboxylic acid groups (broad SMARTS) is 1. The molecule has 2 rings (SSSR count). The standard InChI is InChI=1S/C13H21NO4/c1-8(9-4-2-3-5-9)14-12(15)10-6-7-11(18-10)13(16)17/h8-11H,2-7H2,1H3,(H,14,15)(H,16,17)/t8-,10?,11?/m0/s1. The second-order valence-corrected chi connectivity index (χ2v) is 5.37. The largest absolute Gasteiger partial charge is 0.479 e. The molecule has 1 amide bonds. The fourth-order valence-corrected chi connectivity index (χ4v) is 2.90. The summed E-state index contributed by atoms with van der Waals surface area (Å²) in [6, 6.07) is 0.160. The van der Waals surface area contributed by atoms with Crippen molar-refractivity contribution in [3.63, 3.8) is 0 Å². The molecule has 0 radical (unpaired) electrons. The van der Waals surface area contributed by atoms with E-state index >= 15 is 0 Å². The van der Waals surface area contributed by atoms with Crippen LogP contribution < -0.4 is 5.32 Å². The number of hydrogen-bond acceptors (Lipinski definition) is 3. The number of aliphatic carboxylic acids is 1. The maximum absolute atomic E-state index is 12.0. The maximum atomic E-state index is 12.0. The van der Waals surface area contributed by atoms with Gasteiger partial charge in [0.25, 0.3) is 0 Å². The molecule has 5 nitrogen and oxygen atoms in total. The summed E-state index contributed by atoms with van der Waals surface area (Å²) in [7, 11) is 0. The first-order valence-corrected chi connectivity index (χ1v) is 6.76. The van der Waals surface area contributed by atoms with Crippen molar-refractivity contribution in [2.24, 2.45) is 5.92 Å². The quantitative estimate of drug-likeness (QED) is 0.794. The summed E-state index contributed by atoms with van der Waals surface area (Å²) in [5.41, 5.74) is 0. The lowest BCUT2D eigenvalue weighted by Gasteiger charge is -2.22. The molecule has 1 heterocycles. The van der Waals surface area contributed by atoms with Crippen LogP contribution in [0.1, 0.15) is 45.4 Å². The third-order valence-corrected chi connectivity index (χ3v) is 4.06. The molecule has 0 bridgehead atoms. The van der Waals surface area contributed by atoms with Gasteiger partial charge in [-0.15, -0.1) is 0 Å². The molecule has 0 aromatic carbocycles. The molecular weight excluding hydrogens is 234 g/mol. The number of ether oxygens (including phenoxy) is 1. The molecule has 2 unspecified atom stereocenters. The van der Waals surface area contributed by atoms with E-state index in [9.17, 15) is 9.59 Å².